The Bertz CT molecular complexity index is 838. The van der Waals surface area contributed by atoms with Crippen molar-refractivity contribution < 1.29 is 9.47 Å². The number of aliphatic imine (C=N–C) groups is 1. The first-order valence-electron chi connectivity index (χ1n) is 9.88. The van der Waals surface area contributed by atoms with Crippen LogP contribution in [0.3, 0.4) is 0 Å². The molecule has 2 N–H and O–H groups in total. The summed E-state index contributed by atoms with van der Waals surface area (Å²) >= 11 is 0. The van der Waals surface area contributed by atoms with E-state index in [1.807, 2.05) is 12.1 Å². The molecule has 0 saturated carbocycles. The van der Waals surface area contributed by atoms with Gasteiger partial charge in [0.2, 0.25) is 0 Å². The van der Waals surface area contributed by atoms with Crippen LogP contribution in [0.4, 0.5) is 5.69 Å². The molecular formula is C23H30N4O2. The van der Waals surface area contributed by atoms with E-state index in [1.54, 1.807) is 21.3 Å². The molecule has 1 heterocycles. The highest BCUT2D eigenvalue weighted by atomic mass is 16.5. The Balaban J connectivity index is 1.45. The van der Waals surface area contributed by atoms with Crippen molar-refractivity contribution in [2.75, 3.05) is 45.8 Å². The molecule has 0 atom stereocenters. The second-order valence-electron chi connectivity index (χ2n) is 6.83. The third kappa shape index (κ3) is 5.67. The molecule has 0 bridgehead atoms. The maximum absolute atomic E-state index is 5.37. The van der Waals surface area contributed by atoms with Crippen molar-refractivity contribution in [3.8, 4) is 11.5 Å². The zero-order valence-electron chi connectivity index (χ0n) is 17.4. The van der Waals surface area contributed by atoms with Crippen LogP contribution in [0.15, 0.2) is 59.6 Å². The van der Waals surface area contributed by atoms with E-state index in [9.17, 15) is 0 Å². The van der Waals surface area contributed by atoms with Crippen molar-refractivity contribution in [2.24, 2.45) is 4.99 Å². The summed E-state index contributed by atoms with van der Waals surface area (Å²) in [5.41, 5.74) is 3.66. The summed E-state index contributed by atoms with van der Waals surface area (Å²) in [6, 6.07) is 14.7. The number of nitrogens with zero attached hydrogens (tertiary/aromatic N) is 2. The lowest BCUT2D eigenvalue weighted by Gasteiger charge is -2.18. The van der Waals surface area contributed by atoms with Crippen molar-refractivity contribution in [1.82, 2.24) is 10.6 Å². The van der Waals surface area contributed by atoms with Crippen LogP contribution in [0.25, 0.3) is 0 Å². The Morgan fingerprint density at radius 2 is 1.62 bits per heavy atom. The van der Waals surface area contributed by atoms with Gasteiger partial charge in [-0.15, -0.1) is 0 Å². The highest BCUT2D eigenvalue weighted by molar-refractivity contribution is 5.79. The Labute approximate surface area is 173 Å². The van der Waals surface area contributed by atoms with Gasteiger partial charge in [-0.2, -0.15) is 0 Å². The Morgan fingerprint density at radius 3 is 2.28 bits per heavy atom. The van der Waals surface area contributed by atoms with Gasteiger partial charge in [-0.25, -0.2) is 0 Å². The number of nitrogens with one attached hydrogen (secondary N) is 2. The number of hydrogen-bond donors (Lipinski definition) is 2. The summed E-state index contributed by atoms with van der Waals surface area (Å²) < 4.78 is 10.7. The van der Waals surface area contributed by atoms with Gasteiger partial charge in [-0.1, -0.05) is 30.4 Å². The van der Waals surface area contributed by atoms with Crippen molar-refractivity contribution >= 4 is 11.6 Å². The molecule has 2 aromatic rings. The van der Waals surface area contributed by atoms with Gasteiger partial charge in [0.25, 0.3) is 0 Å². The molecule has 0 amide bonds. The van der Waals surface area contributed by atoms with E-state index in [1.165, 1.54) is 16.8 Å². The first-order chi connectivity index (χ1) is 14.2. The average Bonchev–Trinajstić information content (AvgIpc) is 3.31. The molecule has 0 fully saturated rings. The maximum Gasteiger partial charge on any atom is 0.191 e. The summed E-state index contributed by atoms with van der Waals surface area (Å²) in [6.45, 7) is 3.49. The van der Waals surface area contributed by atoms with Gasteiger partial charge in [0, 0.05) is 38.9 Å². The molecule has 29 heavy (non-hydrogen) atoms. The van der Waals surface area contributed by atoms with E-state index in [0.717, 1.165) is 50.1 Å². The smallest absolute Gasteiger partial charge is 0.191 e. The predicted molar refractivity (Wildman–Crippen MR) is 119 cm³/mol. The van der Waals surface area contributed by atoms with Gasteiger partial charge in [-0.05, 0) is 41.8 Å². The predicted octanol–water partition coefficient (Wildman–Crippen LogP) is 2.99. The van der Waals surface area contributed by atoms with Gasteiger partial charge in [0.05, 0.1) is 14.2 Å². The molecule has 1 aliphatic rings. The fourth-order valence-corrected chi connectivity index (χ4v) is 3.28. The normalized spacial score (nSPS) is 13.5. The second kappa shape index (κ2) is 10.4. The summed E-state index contributed by atoms with van der Waals surface area (Å²) in [7, 11) is 5.08. The van der Waals surface area contributed by atoms with Gasteiger partial charge < -0.3 is 25.0 Å². The molecule has 0 saturated heterocycles. The molecule has 6 heteroatoms. The van der Waals surface area contributed by atoms with Gasteiger partial charge in [-0.3, -0.25) is 4.99 Å². The number of methoxy groups -OCH3 is 2. The monoisotopic (exact) mass is 394 g/mol. The fraction of sp³-hybridized carbons (Fsp3) is 0.348. The second-order valence-corrected chi connectivity index (χ2v) is 6.83. The molecule has 0 radical (unpaired) electrons. The van der Waals surface area contributed by atoms with E-state index >= 15 is 0 Å². The molecule has 154 valence electrons. The lowest BCUT2D eigenvalue weighted by atomic mass is 10.1. The van der Waals surface area contributed by atoms with E-state index < -0.39 is 0 Å². The molecule has 6 nitrogen and oxygen atoms in total. The Morgan fingerprint density at radius 1 is 0.931 bits per heavy atom. The minimum atomic E-state index is 0.731. The van der Waals surface area contributed by atoms with Crippen LogP contribution in [0.1, 0.15) is 11.1 Å². The zero-order valence-corrected chi connectivity index (χ0v) is 17.4. The van der Waals surface area contributed by atoms with E-state index in [0.29, 0.717) is 0 Å². The summed E-state index contributed by atoms with van der Waals surface area (Å²) in [5.74, 6) is 2.28. The SMILES string of the molecule is CN=C(NCCc1ccc(OC)c(OC)c1)NCc1ccc(N2CC=CC2)cc1. The van der Waals surface area contributed by atoms with Gasteiger partial charge in [0.15, 0.2) is 17.5 Å². The van der Waals surface area contributed by atoms with E-state index in [-0.39, 0.29) is 0 Å². The lowest BCUT2D eigenvalue weighted by molar-refractivity contribution is 0.354. The standard InChI is InChI=1S/C23H30N4O2/c1-24-23(25-13-12-18-8-11-21(28-2)22(16-18)29-3)26-17-19-6-9-20(10-7-19)27-14-4-5-15-27/h4-11,16H,12-15,17H2,1-3H3,(H2,24,25,26). The van der Waals surface area contributed by atoms with Crippen LogP contribution >= 0.6 is 0 Å². The zero-order chi connectivity index (χ0) is 20.5. The van der Waals surface area contributed by atoms with Crippen LogP contribution in [0.2, 0.25) is 0 Å². The molecule has 0 spiro atoms. The van der Waals surface area contributed by atoms with Crippen LogP contribution in [0, 0.1) is 0 Å². The molecule has 0 aliphatic carbocycles. The quantitative estimate of drug-likeness (QED) is 0.410. The molecule has 1 aliphatic heterocycles. The largest absolute Gasteiger partial charge is 0.493 e. The van der Waals surface area contributed by atoms with Crippen LogP contribution in [0.5, 0.6) is 11.5 Å². The van der Waals surface area contributed by atoms with Crippen LogP contribution < -0.4 is 25.0 Å². The first kappa shape index (κ1) is 20.6. The Hall–Kier alpha value is -3.15. The maximum atomic E-state index is 5.37. The number of anilines is 1. The third-order valence-electron chi connectivity index (χ3n) is 4.96. The Kier molecular flexibility index (Phi) is 7.39. The van der Waals surface area contributed by atoms with Crippen LogP contribution in [-0.4, -0.2) is 46.9 Å². The van der Waals surface area contributed by atoms with E-state index in [2.05, 4.69) is 63.0 Å². The molecule has 0 unspecified atom stereocenters. The first-order valence-corrected chi connectivity index (χ1v) is 9.88. The number of benzene rings is 2. The molecule has 3 rings (SSSR count). The van der Waals surface area contributed by atoms with Gasteiger partial charge in [0.1, 0.15) is 0 Å². The number of hydrogen-bond acceptors (Lipinski definition) is 4. The van der Waals surface area contributed by atoms with Crippen molar-refractivity contribution in [3.05, 3.63) is 65.7 Å². The summed E-state index contributed by atoms with van der Waals surface area (Å²) in [5, 5.41) is 6.73. The van der Waals surface area contributed by atoms with Crippen molar-refractivity contribution in [3.63, 3.8) is 0 Å². The minimum Gasteiger partial charge on any atom is -0.493 e. The summed E-state index contributed by atoms with van der Waals surface area (Å²) in [4.78, 5) is 6.65. The number of guanidine groups is 1. The van der Waals surface area contributed by atoms with Crippen molar-refractivity contribution in [1.29, 1.82) is 0 Å². The number of rotatable bonds is 8. The minimum absolute atomic E-state index is 0.731. The third-order valence-corrected chi connectivity index (χ3v) is 4.96. The molecule has 2 aromatic carbocycles. The topological polar surface area (TPSA) is 58.1 Å². The summed E-state index contributed by atoms with van der Waals surface area (Å²) in [6.07, 6.45) is 5.26. The lowest BCUT2D eigenvalue weighted by Crippen LogP contribution is -2.37. The highest BCUT2D eigenvalue weighted by Crippen LogP contribution is 2.27. The highest BCUT2D eigenvalue weighted by Gasteiger charge is 2.08. The number of ether oxygens (including phenoxy) is 2. The fourth-order valence-electron chi connectivity index (χ4n) is 3.28. The molecule has 0 aromatic heterocycles. The van der Waals surface area contributed by atoms with Gasteiger partial charge >= 0.3 is 0 Å². The molecular weight excluding hydrogens is 364 g/mol. The van der Waals surface area contributed by atoms with Crippen molar-refractivity contribution in [2.45, 2.75) is 13.0 Å². The van der Waals surface area contributed by atoms with Crippen LogP contribution in [-0.2, 0) is 13.0 Å². The van der Waals surface area contributed by atoms with E-state index in [4.69, 9.17) is 9.47 Å². The average molecular weight is 395 g/mol.